The van der Waals surface area contributed by atoms with E-state index in [-0.39, 0.29) is 17.5 Å². The molecule has 1 aromatic carbocycles. The summed E-state index contributed by atoms with van der Waals surface area (Å²) in [6, 6.07) is 3.36. The molecule has 0 aliphatic rings. The third-order valence-corrected chi connectivity index (χ3v) is 4.05. The fourth-order valence-electron chi connectivity index (χ4n) is 2.58. The van der Waals surface area contributed by atoms with E-state index in [0.717, 1.165) is 6.42 Å². The van der Waals surface area contributed by atoms with Crippen molar-refractivity contribution in [2.24, 2.45) is 5.73 Å². The zero-order valence-corrected chi connectivity index (χ0v) is 15.4. The van der Waals surface area contributed by atoms with E-state index >= 15 is 0 Å². The molecule has 1 aromatic heterocycles. The highest BCUT2D eigenvalue weighted by Crippen LogP contribution is 2.29. The maximum atomic E-state index is 12.6. The lowest BCUT2D eigenvalue weighted by atomic mass is 10.2. The molecule has 2 aromatic rings. The Balaban J connectivity index is 2.03. The Hall–Kier alpha value is -2.61. The first kappa shape index (κ1) is 19.7. The summed E-state index contributed by atoms with van der Waals surface area (Å²) < 4.78 is 12.0. The Kier molecular flexibility index (Phi) is 6.97. The molecule has 1 atom stereocenters. The number of nitrogens with zero attached hydrogens (tertiary/aromatic N) is 2. The first-order valence-corrected chi connectivity index (χ1v) is 8.59. The number of rotatable bonds is 9. The van der Waals surface area contributed by atoms with Crippen LogP contribution < -0.4 is 26.1 Å². The highest BCUT2D eigenvalue weighted by atomic mass is 16.5. The Bertz CT molecular complexity index is 817. The molecule has 8 heteroatoms. The SMILES string of the molecule is COc1cc2ncn(CCCC(=O)NCCC(C)N)c(=O)c2cc1OC. The van der Waals surface area contributed by atoms with Crippen LogP contribution in [-0.4, -0.2) is 42.3 Å². The van der Waals surface area contributed by atoms with Crippen LogP contribution in [0.4, 0.5) is 0 Å². The number of methoxy groups -OCH3 is 2. The number of fused-ring (bicyclic) bond motifs is 1. The van der Waals surface area contributed by atoms with Gasteiger partial charge in [-0.25, -0.2) is 4.98 Å². The van der Waals surface area contributed by atoms with Gasteiger partial charge in [0, 0.05) is 31.6 Å². The summed E-state index contributed by atoms with van der Waals surface area (Å²) in [6.07, 6.45) is 3.12. The number of aryl methyl sites for hydroxylation is 1. The van der Waals surface area contributed by atoms with Crippen LogP contribution in [0.1, 0.15) is 26.2 Å². The topological polar surface area (TPSA) is 108 Å². The summed E-state index contributed by atoms with van der Waals surface area (Å²) in [4.78, 5) is 28.7. The van der Waals surface area contributed by atoms with Gasteiger partial charge in [-0.15, -0.1) is 0 Å². The number of carbonyl (C=O) groups excluding carboxylic acids is 1. The van der Waals surface area contributed by atoms with Crippen molar-refractivity contribution in [3.63, 3.8) is 0 Å². The fourth-order valence-corrected chi connectivity index (χ4v) is 2.58. The minimum atomic E-state index is -0.173. The fraction of sp³-hybridized carbons (Fsp3) is 0.500. The van der Waals surface area contributed by atoms with E-state index in [1.165, 1.54) is 25.1 Å². The quantitative estimate of drug-likeness (QED) is 0.690. The molecular weight excluding hydrogens is 336 g/mol. The number of ether oxygens (including phenoxy) is 2. The smallest absolute Gasteiger partial charge is 0.261 e. The molecule has 0 saturated carbocycles. The van der Waals surface area contributed by atoms with Crippen molar-refractivity contribution in [1.82, 2.24) is 14.9 Å². The second-order valence-corrected chi connectivity index (χ2v) is 6.19. The standard InChI is InChI=1S/C18H26N4O4/c1-12(19)6-7-20-17(23)5-4-8-22-11-21-14-10-16(26-3)15(25-2)9-13(14)18(22)24/h9-12H,4-8,19H2,1-3H3,(H,20,23). The van der Waals surface area contributed by atoms with E-state index in [9.17, 15) is 9.59 Å². The highest BCUT2D eigenvalue weighted by Gasteiger charge is 2.11. The molecule has 0 bridgehead atoms. The van der Waals surface area contributed by atoms with Crippen LogP contribution in [0.15, 0.2) is 23.3 Å². The number of amides is 1. The minimum absolute atomic E-state index is 0.0427. The van der Waals surface area contributed by atoms with E-state index in [1.807, 2.05) is 6.92 Å². The van der Waals surface area contributed by atoms with Crippen molar-refractivity contribution in [2.45, 2.75) is 38.8 Å². The van der Waals surface area contributed by atoms with E-state index in [2.05, 4.69) is 10.3 Å². The molecule has 0 aliphatic heterocycles. The maximum absolute atomic E-state index is 12.6. The summed E-state index contributed by atoms with van der Waals surface area (Å²) in [7, 11) is 3.05. The van der Waals surface area contributed by atoms with Crippen LogP contribution in [0.5, 0.6) is 11.5 Å². The van der Waals surface area contributed by atoms with Gasteiger partial charge in [0.25, 0.3) is 5.56 Å². The maximum Gasteiger partial charge on any atom is 0.261 e. The van der Waals surface area contributed by atoms with Crippen molar-refractivity contribution < 1.29 is 14.3 Å². The molecule has 26 heavy (non-hydrogen) atoms. The minimum Gasteiger partial charge on any atom is -0.493 e. The van der Waals surface area contributed by atoms with Crippen molar-refractivity contribution in [3.05, 3.63) is 28.8 Å². The molecule has 3 N–H and O–H groups in total. The largest absolute Gasteiger partial charge is 0.493 e. The first-order valence-electron chi connectivity index (χ1n) is 8.59. The normalized spacial score (nSPS) is 12.0. The second-order valence-electron chi connectivity index (χ2n) is 6.19. The number of hydrogen-bond acceptors (Lipinski definition) is 6. The average molecular weight is 362 g/mol. The monoisotopic (exact) mass is 362 g/mol. The lowest BCUT2D eigenvalue weighted by Gasteiger charge is -2.11. The van der Waals surface area contributed by atoms with E-state index < -0.39 is 0 Å². The van der Waals surface area contributed by atoms with Crippen LogP contribution in [0, 0.1) is 0 Å². The first-order chi connectivity index (χ1) is 12.5. The van der Waals surface area contributed by atoms with Crippen LogP contribution in [0.3, 0.4) is 0 Å². The van der Waals surface area contributed by atoms with Gasteiger partial charge < -0.3 is 20.5 Å². The third kappa shape index (κ3) is 4.95. The van der Waals surface area contributed by atoms with Crippen LogP contribution in [0.25, 0.3) is 10.9 Å². The summed E-state index contributed by atoms with van der Waals surface area (Å²) in [5.41, 5.74) is 6.01. The third-order valence-electron chi connectivity index (χ3n) is 4.05. The van der Waals surface area contributed by atoms with Gasteiger partial charge in [0.05, 0.1) is 31.4 Å². The van der Waals surface area contributed by atoms with Gasteiger partial charge in [-0.2, -0.15) is 0 Å². The summed E-state index contributed by atoms with van der Waals surface area (Å²) in [5, 5.41) is 3.27. The molecular formula is C18H26N4O4. The molecule has 0 radical (unpaired) electrons. The van der Waals surface area contributed by atoms with E-state index in [0.29, 0.717) is 48.3 Å². The predicted molar refractivity (Wildman–Crippen MR) is 99.6 cm³/mol. The molecule has 8 nitrogen and oxygen atoms in total. The van der Waals surface area contributed by atoms with Crippen molar-refractivity contribution in [1.29, 1.82) is 0 Å². The molecule has 142 valence electrons. The van der Waals surface area contributed by atoms with Crippen LogP contribution in [0.2, 0.25) is 0 Å². The number of aromatic nitrogens is 2. The Morgan fingerprint density at radius 1 is 1.31 bits per heavy atom. The molecule has 0 saturated heterocycles. The zero-order valence-electron chi connectivity index (χ0n) is 15.4. The Morgan fingerprint density at radius 3 is 2.65 bits per heavy atom. The predicted octanol–water partition coefficient (Wildman–Crippen LogP) is 1.05. The number of nitrogens with two attached hydrogens (primary N) is 1. The van der Waals surface area contributed by atoms with E-state index in [4.69, 9.17) is 15.2 Å². The van der Waals surface area contributed by atoms with Crippen molar-refractivity contribution in [3.8, 4) is 11.5 Å². The summed E-state index contributed by atoms with van der Waals surface area (Å²) in [5.74, 6) is 0.956. The van der Waals surface area contributed by atoms with Gasteiger partial charge in [0.2, 0.25) is 5.91 Å². The number of carbonyl (C=O) groups is 1. The zero-order chi connectivity index (χ0) is 19.1. The van der Waals surface area contributed by atoms with Crippen LogP contribution in [-0.2, 0) is 11.3 Å². The van der Waals surface area contributed by atoms with Gasteiger partial charge in [-0.3, -0.25) is 14.2 Å². The molecule has 1 amide bonds. The summed E-state index contributed by atoms with van der Waals surface area (Å²) >= 11 is 0. The molecule has 0 aliphatic carbocycles. The number of hydrogen-bond donors (Lipinski definition) is 2. The molecule has 1 unspecified atom stereocenters. The van der Waals surface area contributed by atoms with Crippen molar-refractivity contribution in [2.75, 3.05) is 20.8 Å². The van der Waals surface area contributed by atoms with Gasteiger partial charge in [0.15, 0.2) is 11.5 Å². The van der Waals surface area contributed by atoms with Crippen molar-refractivity contribution >= 4 is 16.8 Å². The summed E-state index contributed by atoms with van der Waals surface area (Å²) in [6.45, 7) is 2.88. The Morgan fingerprint density at radius 2 is 2.00 bits per heavy atom. The molecule has 0 fully saturated rings. The molecule has 0 spiro atoms. The Labute approximate surface area is 152 Å². The second kappa shape index (κ2) is 9.19. The van der Waals surface area contributed by atoms with E-state index in [1.54, 1.807) is 12.1 Å². The lowest BCUT2D eigenvalue weighted by Crippen LogP contribution is -2.29. The van der Waals surface area contributed by atoms with Gasteiger partial charge >= 0.3 is 0 Å². The average Bonchev–Trinajstić information content (AvgIpc) is 2.62. The number of nitrogens with one attached hydrogen (secondary N) is 1. The molecule has 1 heterocycles. The number of benzene rings is 1. The molecule has 2 rings (SSSR count). The highest BCUT2D eigenvalue weighted by molar-refractivity contribution is 5.81. The van der Waals surface area contributed by atoms with Gasteiger partial charge in [-0.1, -0.05) is 0 Å². The van der Waals surface area contributed by atoms with Crippen LogP contribution >= 0.6 is 0 Å². The lowest BCUT2D eigenvalue weighted by molar-refractivity contribution is -0.121. The van der Waals surface area contributed by atoms with Gasteiger partial charge in [0.1, 0.15) is 0 Å². The van der Waals surface area contributed by atoms with Gasteiger partial charge in [-0.05, 0) is 25.8 Å².